The Bertz CT molecular complexity index is 341. The minimum atomic E-state index is 0.812. The van der Waals surface area contributed by atoms with Crippen LogP contribution in [0.5, 0.6) is 5.75 Å². The SMILES string of the molecule is CCCN(Cc1ccc(OC)cc1)C1CCCC1. The average molecular weight is 247 g/mol. The van der Waals surface area contributed by atoms with E-state index in [-0.39, 0.29) is 0 Å². The lowest BCUT2D eigenvalue weighted by atomic mass is 10.1. The Morgan fingerprint density at radius 3 is 2.39 bits per heavy atom. The molecule has 18 heavy (non-hydrogen) atoms. The van der Waals surface area contributed by atoms with Gasteiger partial charge in [-0.2, -0.15) is 0 Å². The summed E-state index contributed by atoms with van der Waals surface area (Å²) in [6.45, 7) is 4.58. The van der Waals surface area contributed by atoms with Crippen LogP contribution in [0.3, 0.4) is 0 Å². The van der Waals surface area contributed by atoms with Crippen LogP contribution in [0.15, 0.2) is 24.3 Å². The highest BCUT2D eigenvalue weighted by Crippen LogP contribution is 2.25. The summed E-state index contributed by atoms with van der Waals surface area (Å²) in [7, 11) is 1.72. The Labute approximate surface area is 111 Å². The van der Waals surface area contributed by atoms with Gasteiger partial charge in [0.05, 0.1) is 7.11 Å². The molecular formula is C16H25NO. The number of methoxy groups -OCH3 is 1. The molecule has 0 atom stereocenters. The van der Waals surface area contributed by atoms with Gasteiger partial charge in [-0.1, -0.05) is 31.9 Å². The largest absolute Gasteiger partial charge is 0.497 e. The van der Waals surface area contributed by atoms with E-state index in [2.05, 4.69) is 36.1 Å². The van der Waals surface area contributed by atoms with Crippen molar-refractivity contribution in [2.24, 2.45) is 0 Å². The molecule has 1 aromatic rings. The second-order valence-corrected chi connectivity index (χ2v) is 5.26. The highest BCUT2D eigenvalue weighted by Gasteiger charge is 2.21. The van der Waals surface area contributed by atoms with E-state index in [1.165, 1.54) is 44.2 Å². The summed E-state index contributed by atoms with van der Waals surface area (Å²) >= 11 is 0. The molecule has 0 heterocycles. The maximum Gasteiger partial charge on any atom is 0.118 e. The zero-order valence-corrected chi connectivity index (χ0v) is 11.7. The summed E-state index contributed by atoms with van der Waals surface area (Å²) in [4.78, 5) is 2.66. The van der Waals surface area contributed by atoms with Crippen LogP contribution in [-0.2, 0) is 6.54 Å². The lowest BCUT2D eigenvalue weighted by molar-refractivity contribution is 0.190. The fourth-order valence-electron chi connectivity index (χ4n) is 2.91. The van der Waals surface area contributed by atoms with Crippen LogP contribution < -0.4 is 4.74 Å². The van der Waals surface area contributed by atoms with Crippen LogP contribution in [0.4, 0.5) is 0 Å². The van der Waals surface area contributed by atoms with Crippen molar-refractivity contribution in [3.63, 3.8) is 0 Å². The molecule has 0 spiro atoms. The standard InChI is InChI=1S/C16H25NO/c1-3-12-17(15-6-4-5-7-15)13-14-8-10-16(18-2)11-9-14/h8-11,15H,3-7,12-13H2,1-2H3. The highest BCUT2D eigenvalue weighted by molar-refractivity contribution is 5.27. The van der Waals surface area contributed by atoms with Crippen LogP contribution in [0, 0.1) is 0 Å². The molecule has 1 aliphatic rings. The topological polar surface area (TPSA) is 12.5 Å². The number of rotatable bonds is 6. The van der Waals surface area contributed by atoms with E-state index in [1.807, 2.05) is 0 Å². The predicted octanol–water partition coefficient (Wildman–Crippen LogP) is 3.85. The van der Waals surface area contributed by atoms with Crippen molar-refractivity contribution in [1.29, 1.82) is 0 Å². The van der Waals surface area contributed by atoms with Crippen molar-refractivity contribution in [3.8, 4) is 5.75 Å². The summed E-state index contributed by atoms with van der Waals surface area (Å²) in [5.74, 6) is 0.946. The number of benzene rings is 1. The van der Waals surface area contributed by atoms with Gasteiger partial charge >= 0.3 is 0 Å². The first-order valence-electron chi connectivity index (χ1n) is 7.20. The van der Waals surface area contributed by atoms with Gasteiger partial charge in [0, 0.05) is 12.6 Å². The van der Waals surface area contributed by atoms with Crippen LogP contribution in [-0.4, -0.2) is 24.6 Å². The van der Waals surface area contributed by atoms with E-state index in [0.717, 1.165) is 18.3 Å². The fraction of sp³-hybridized carbons (Fsp3) is 0.625. The Morgan fingerprint density at radius 1 is 1.17 bits per heavy atom. The fourth-order valence-corrected chi connectivity index (χ4v) is 2.91. The zero-order valence-electron chi connectivity index (χ0n) is 11.7. The minimum Gasteiger partial charge on any atom is -0.497 e. The Morgan fingerprint density at radius 2 is 1.83 bits per heavy atom. The molecule has 100 valence electrons. The number of hydrogen-bond acceptors (Lipinski definition) is 2. The molecule has 1 aliphatic carbocycles. The molecule has 1 aromatic carbocycles. The first-order chi connectivity index (χ1) is 8.83. The Balaban J connectivity index is 1.98. The molecule has 0 bridgehead atoms. The van der Waals surface area contributed by atoms with Crippen molar-refractivity contribution in [3.05, 3.63) is 29.8 Å². The van der Waals surface area contributed by atoms with E-state index in [9.17, 15) is 0 Å². The summed E-state index contributed by atoms with van der Waals surface area (Å²) in [6, 6.07) is 9.32. The molecule has 0 unspecified atom stereocenters. The van der Waals surface area contributed by atoms with Gasteiger partial charge in [0.2, 0.25) is 0 Å². The quantitative estimate of drug-likeness (QED) is 0.757. The van der Waals surface area contributed by atoms with Gasteiger partial charge in [-0.3, -0.25) is 4.90 Å². The van der Waals surface area contributed by atoms with E-state index < -0.39 is 0 Å². The molecule has 2 heteroatoms. The third-order valence-corrected chi connectivity index (χ3v) is 3.90. The average Bonchev–Trinajstić information content (AvgIpc) is 2.93. The third kappa shape index (κ3) is 3.49. The van der Waals surface area contributed by atoms with Gasteiger partial charge < -0.3 is 4.74 Å². The van der Waals surface area contributed by atoms with Crippen LogP contribution in [0.2, 0.25) is 0 Å². The monoisotopic (exact) mass is 247 g/mol. The van der Waals surface area contributed by atoms with E-state index in [1.54, 1.807) is 7.11 Å². The van der Waals surface area contributed by atoms with E-state index >= 15 is 0 Å². The highest BCUT2D eigenvalue weighted by atomic mass is 16.5. The van der Waals surface area contributed by atoms with Crippen LogP contribution in [0.25, 0.3) is 0 Å². The summed E-state index contributed by atoms with van der Waals surface area (Å²) in [6.07, 6.45) is 6.83. The van der Waals surface area contributed by atoms with Crippen LogP contribution >= 0.6 is 0 Å². The minimum absolute atomic E-state index is 0.812. The first-order valence-corrected chi connectivity index (χ1v) is 7.20. The number of hydrogen-bond donors (Lipinski definition) is 0. The second kappa shape index (κ2) is 6.79. The maximum atomic E-state index is 5.21. The van der Waals surface area contributed by atoms with E-state index in [0.29, 0.717) is 0 Å². The smallest absolute Gasteiger partial charge is 0.118 e. The van der Waals surface area contributed by atoms with Gasteiger partial charge in [-0.05, 0) is 43.5 Å². The van der Waals surface area contributed by atoms with Gasteiger partial charge in [0.15, 0.2) is 0 Å². The normalized spacial score (nSPS) is 16.4. The summed E-state index contributed by atoms with van der Waals surface area (Å²) in [5, 5.41) is 0. The molecular weight excluding hydrogens is 222 g/mol. The van der Waals surface area contributed by atoms with Crippen molar-refractivity contribution in [2.75, 3.05) is 13.7 Å². The predicted molar refractivity (Wildman–Crippen MR) is 76.0 cm³/mol. The van der Waals surface area contributed by atoms with E-state index in [4.69, 9.17) is 4.74 Å². The molecule has 0 saturated heterocycles. The summed E-state index contributed by atoms with van der Waals surface area (Å²) < 4.78 is 5.21. The molecule has 2 nitrogen and oxygen atoms in total. The van der Waals surface area contributed by atoms with Gasteiger partial charge in [0.25, 0.3) is 0 Å². The molecule has 0 aliphatic heterocycles. The molecule has 0 N–H and O–H groups in total. The Hall–Kier alpha value is -1.02. The molecule has 2 rings (SSSR count). The number of nitrogens with zero attached hydrogens (tertiary/aromatic N) is 1. The second-order valence-electron chi connectivity index (χ2n) is 5.26. The number of ether oxygens (including phenoxy) is 1. The van der Waals surface area contributed by atoms with Crippen molar-refractivity contribution >= 4 is 0 Å². The molecule has 0 radical (unpaired) electrons. The van der Waals surface area contributed by atoms with Gasteiger partial charge in [-0.25, -0.2) is 0 Å². The maximum absolute atomic E-state index is 5.21. The lowest BCUT2D eigenvalue weighted by Crippen LogP contribution is -2.33. The molecule has 0 aromatic heterocycles. The van der Waals surface area contributed by atoms with Crippen molar-refractivity contribution < 1.29 is 4.74 Å². The van der Waals surface area contributed by atoms with Crippen molar-refractivity contribution in [1.82, 2.24) is 4.90 Å². The van der Waals surface area contributed by atoms with Gasteiger partial charge in [0.1, 0.15) is 5.75 Å². The van der Waals surface area contributed by atoms with Gasteiger partial charge in [-0.15, -0.1) is 0 Å². The van der Waals surface area contributed by atoms with Crippen molar-refractivity contribution in [2.45, 2.75) is 51.6 Å². The Kier molecular flexibility index (Phi) is 5.06. The molecule has 0 amide bonds. The third-order valence-electron chi connectivity index (χ3n) is 3.90. The summed E-state index contributed by atoms with van der Waals surface area (Å²) in [5.41, 5.74) is 1.40. The molecule has 1 saturated carbocycles. The lowest BCUT2D eigenvalue weighted by Gasteiger charge is -2.28. The van der Waals surface area contributed by atoms with Crippen LogP contribution in [0.1, 0.15) is 44.6 Å². The molecule has 1 fully saturated rings. The zero-order chi connectivity index (χ0) is 12.8. The first kappa shape index (κ1) is 13.4.